The van der Waals surface area contributed by atoms with E-state index in [0.717, 1.165) is 41.4 Å². The molecule has 24 heavy (non-hydrogen) atoms. The van der Waals surface area contributed by atoms with E-state index in [1.807, 2.05) is 6.07 Å². The van der Waals surface area contributed by atoms with E-state index >= 15 is 0 Å². The van der Waals surface area contributed by atoms with Crippen LogP contribution < -0.4 is 16.7 Å². The number of benzene rings is 1. The SMILES string of the molecule is CN=c1ncc2cc(-c3cc(N)c(F)cc3Br)c3n(c-2n1)CCN3. The van der Waals surface area contributed by atoms with Crippen molar-refractivity contribution >= 4 is 27.4 Å². The molecule has 0 bridgehead atoms. The van der Waals surface area contributed by atoms with Gasteiger partial charge < -0.3 is 15.6 Å². The van der Waals surface area contributed by atoms with Gasteiger partial charge in [0.2, 0.25) is 5.62 Å². The van der Waals surface area contributed by atoms with E-state index in [1.54, 1.807) is 19.3 Å². The number of fused-ring (bicyclic) bond motifs is 3. The molecule has 6 nitrogen and oxygen atoms in total. The van der Waals surface area contributed by atoms with E-state index in [9.17, 15) is 4.39 Å². The van der Waals surface area contributed by atoms with Gasteiger partial charge in [-0.3, -0.25) is 4.99 Å². The van der Waals surface area contributed by atoms with Crippen LogP contribution in [-0.2, 0) is 6.54 Å². The average molecular weight is 389 g/mol. The first-order valence-corrected chi connectivity index (χ1v) is 8.20. The van der Waals surface area contributed by atoms with Crippen molar-refractivity contribution in [3.63, 3.8) is 0 Å². The summed E-state index contributed by atoms with van der Waals surface area (Å²) in [5.41, 5.74) is 8.95. The summed E-state index contributed by atoms with van der Waals surface area (Å²) in [6.45, 7) is 1.58. The number of hydrogen-bond donors (Lipinski definition) is 2. The van der Waals surface area contributed by atoms with Crippen LogP contribution in [0.3, 0.4) is 0 Å². The number of nitrogens with one attached hydrogen (secondary N) is 1. The highest BCUT2D eigenvalue weighted by atomic mass is 79.9. The molecule has 3 heterocycles. The summed E-state index contributed by atoms with van der Waals surface area (Å²) in [4.78, 5) is 12.8. The van der Waals surface area contributed by atoms with Gasteiger partial charge in [0, 0.05) is 47.5 Å². The van der Waals surface area contributed by atoms with Crippen molar-refractivity contribution in [1.29, 1.82) is 0 Å². The minimum absolute atomic E-state index is 0.112. The van der Waals surface area contributed by atoms with E-state index in [1.165, 1.54) is 6.07 Å². The second kappa shape index (κ2) is 5.55. The van der Waals surface area contributed by atoms with Gasteiger partial charge in [-0.05, 0) is 18.2 Å². The molecule has 0 aliphatic carbocycles. The smallest absolute Gasteiger partial charge is 0.246 e. The third-order valence-electron chi connectivity index (χ3n) is 4.07. The number of nitrogens with zero attached hydrogens (tertiary/aromatic N) is 4. The lowest BCUT2D eigenvalue weighted by molar-refractivity contribution is 0.632. The van der Waals surface area contributed by atoms with Crippen LogP contribution in [0.1, 0.15) is 0 Å². The van der Waals surface area contributed by atoms with Crippen molar-refractivity contribution in [3.8, 4) is 22.5 Å². The molecule has 0 amide bonds. The molecule has 8 heteroatoms. The van der Waals surface area contributed by atoms with Crippen LogP contribution in [0.4, 0.5) is 15.9 Å². The zero-order valence-electron chi connectivity index (χ0n) is 12.8. The van der Waals surface area contributed by atoms with Gasteiger partial charge in [-0.1, -0.05) is 15.9 Å². The first-order valence-electron chi connectivity index (χ1n) is 7.40. The van der Waals surface area contributed by atoms with Crippen LogP contribution in [0.15, 0.2) is 33.9 Å². The van der Waals surface area contributed by atoms with Crippen molar-refractivity contribution in [3.05, 3.63) is 40.3 Å². The topological polar surface area (TPSA) is 81.1 Å². The Bertz CT molecular complexity index is 997. The van der Waals surface area contributed by atoms with Gasteiger partial charge in [-0.25, -0.2) is 9.37 Å². The summed E-state index contributed by atoms with van der Waals surface area (Å²) in [5.74, 6) is 1.30. The molecule has 122 valence electrons. The molecule has 0 unspecified atom stereocenters. The highest BCUT2D eigenvalue weighted by Crippen LogP contribution is 2.40. The Morgan fingerprint density at radius 2 is 2.17 bits per heavy atom. The van der Waals surface area contributed by atoms with Crippen LogP contribution in [0.2, 0.25) is 0 Å². The standard InChI is InChI=1S/C16H14BrFN6/c1-20-16-22-7-8-4-10(9-5-13(19)12(18)6-11(9)17)15-21-2-3-24(15)14(8)23-16/h4-7,21H,2-3,19H2,1H3. The zero-order chi connectivity index (χ0) is 16.8. The lowest BCUT2D eigenvalue weighted by atomic mass is 10.0. The quantitative estimate of drug-likeness (QED) is 0.627. The number of nitrogens with two attached hydrogens (primary N) is 1. The average Bonchev–Trinajstić information content (AvgIpc) is 3.07. The van der Waals surface area contributed by atoms with E-state index in [2.05, 4.69) is 40.8 Å². The minimum atomic E-state index is -0.443. The van der Waals surface area contributed by atoms with Crippen molar-refractivity contribution in [2.75, 3.05) is 24.6 Å². The lowest BCUT2D eigenvalue weighted by Crippen LogP contribution is -2.17. The molecule has 0 radical (unpaired) electrons. The van der Waals surface area contributed by atoms with Crippen molar-refractivity contribution < 1.29 is 4.39 Å². The minimum Gasteiger partial charge on any atom is -0.396 e. The molecular weight excluding hydrogens is 375 g/mol. The second-order valence-electron chi connectivity index (χ2n) is 5.51. The van der Waals surface area contributed by atoms with Crippen LogP contribution >= 0.6 is 15.9 Å². The summed E-state index contributed by atoms with van der Waals surface area (Å²) >= 11 is 3.43. The summed E-state index contributed by atoms with van der Waals surface area (Å²) < 4.78 is 16.4. The predicted molar refractivity (Wildman–Crippen MR) is 94.1 cm³/mol. The van der Waals surface area contributed by atoms with E-state index in [4.69, 9.17) is 5.73 Å². The Labute approximate surface area is 145 Å². The lowest BCUT2D eigenvalue weighted by Gasteiger charge is -2.18. The molecule has 4 rings (SSSR count). The number of nitrogen functional groups attached to an aromatic ring is 1. The summed E-state index contributed by atoms with van der Waals surface area (Å²) in [6.07, 6.45) is 1.75. The van der Waals surface area contributed by atoms with Crippen LogP contribution in [0.25, 0.3) is 22.5 Å². The Hall–Kier alpha value is -2.48. The fraction of sp³-hybridized carbons (Fsp3) is 0.188. The molecule has 3 aliphatic heterocycles. The van der Waals surface area contributed by atoms with Gasteiger partial charge in [0.25, 0.3) is 0 Å². The normalized spacial score (nSPS) is 14.0. The van der Waals surface area contributed by atoms with Gasteiger partial charge in [0.1, 0.15) is 17.5 Å². The Kier molecular flexibility index (Phi) is 3.49. The predicted octanol–water partition coefficient (Wildman–Crippen LogP) is 2.49. The highest BCUT2D eigenvalue weighted by molar-refractivity contribution is 9.10. The fourth-order valence-electron chi connectivity index (χ4n) is 2.95. The number of pyridine rings is 1. The molecule has 1 aromatic carbocycles. The molecule has 0 saturated heterocycles. The van der Waals surface area contributed by atoms with Crippen molar-refractivity contribution in [2.24, 2.45) is 4.99 Å². The van der Waals surface area contributed by atoms with Crippen molar-refractivity contribution in [2.45, 2.75) is 6.54 Å². The first kappa shape index (κ1) is 15.1. The third-order valence-corrected chi connectivity index (χ3v) is 4.72. The Morgan fingerprint density at radius 3 is 2.96 bits per heavy atom. The van der Waals surface area contributed by atoms with Gasteiger partial charge in [0.05, 0.1) is 5.69 Å². The number of aromatic nitrogens is 3. The number of hydrogen-bond acceptors (Lipinski definition) is 5. The summed E-state index contributed by atoms with van der Waals surface area (Å²) in [5, 5.41) is 3.37. The number of rotatable bonds is 1. The largest absolute Gasteiger partial charge is 0.396 e. The van der Waals surface area contributed by atoms with Gasteiger partial charge >= 0.3 is 0 Å². The second-order valence-corrected chi connectivity index (χ2v) is 6.37. The van der Waals surface area contributed by atoms with E-state index in [-0.39, 0.29) is 5.69 Å². The van der Waals surface area contributed by atoms with Crippen LogP contribution in [0, 0.1) is 5.82 Å². The molecule has 0 aromatic heterocycles. The maximum absolute atomic E-state index is 13.7. The highest BCUT2D eigenvalue weighted by Gasteiger charge is 2.23. The molecule has 3 N–H and O–H groups in total. The van der Waals surface area contributed by atoms with Crippen molar-refractivity contribution in [1.82, 2.24) is 14.5 Å². The van der Waals surface area contributed by atoms with Crippen LogP contribution in [-0.4, -0.2) is 28.1 Å². The molecule has 0 fully saturated rings. The summed E-state index contributed by atoms with van der Waals surface area (Å²) in [6, 6.07) is 5.00. The molecule has 1 aromatic rings. The zero-order valence-corrected chi connectivity index (χ0v) is 14.4. The monoisotopic (exact) mass is 388 g/mol. The van der Waals surface area contributed by atoms with Crippen LogP contribution in [0.5, 0.6) is 0 Å². The van der Waals surface area contributed by atoms with E-state index in [0.29, 0.717) is 10.1 Å². The molecule has 3 aliphatic rings. The number of anilines is 2. The first-order chi connectivity index (χ1) is 11.6. The van der Waals surface area contributed by atoms with Gasteiger partial charge in [-0.15, -0.1) is 0 Å². The summed E-state index contributed by atoms with van der Waals surface area (Å²) in [7, 11) is 1.66. The Morgan fingerprint density at radius 1 is 1.33 bits per heavy atom. The molecular formula is C16H14BrFN6. The third kappa shape index (κ3) is 2.25. The Balaban J connectivity index is 2.05. The molecule has 0 atom stereocenters. The maximum atomic E-state index is 13.7. The maximum Gasteiger partial charge on any atom is 0.246 e. The molecule has 0 saturated carbocycles. The number of halogens is 2. The van der Waals surface area contributed by atoms with Gasteiger partial charge in [0.15, 0.2) is 0 Å². The van der Waals surface area contributed by atoms with Gasteiger partial charge in [-0.2, -0.15) is 4.98 Å². The molecule has 0 spiro atoms. The van der Waals surface area contributed by atoms with E-state index < -0.39 is 5.82 Å². The fourth-order valence-corrected chi connectivity index (χ4v) is 3.47.